The van der Waals surface area contributed by atoms with Gasteiger partial charge in [0.15, 0.2) is 0 Å². The molecule has 0 heterocycles. The Bertz CT molecular complexity index is 379. The fraction of sp³-hybridized carbons (Fsp3) is 0.250. The molecule has 0 saturated carbocycles. The summed E-state index contributed by atoms with van der Waals surface area (Å²) in [6.45, 7) is 1.88. The van der Waals surface area contributed by atoms with Gasteiger partial charge < -0.3 is 5.32 Å². The van der Waals surface area contributed by atoms with Crippen molar-refractivity contribution >= 4 is 23.4 Å². The Labute approximate surface area is 119 Å². The summed E-state index contributed by atoms with van der Waals surface area (Å²) in [6, 6.07) is 3.52. The van der Waals surface area contributed by atoms with Crippen LogP contribution in [0.25, 0.3) is 0 Å². The monoisotopic (exact) mass is 303 g/mol. The standard InChI is InChI=1S/C8H11N3O2S.Y/c1-5-3-6(10-2)7(11-9)4-8(5)14-13-12;/h3-4,9-10,12H,1-2H3;/i/hD. The summed E-state index contributed by atoms with van der Waals surface area (Å²) in [5.74, 6) is 0. The van der Waals surface area contributed by atoms with Crippen molar-refractivity contribution in [2.24, 2.45) is 5.11 Å². The molecule has 0 unspecified atom stereocenters. The smallest absolute Gasteiger partial charge is 0.214 e. The molecule has 0 aromatic heterocycles. The summed E-state index contributed by atoms with van der Waals surface area (Å²) in [5, 5.41) is 14.9. The topological polar surface area (TPSA) is 77.7 Å². The number of hydrogen-bond acceptors (Lipinski definition) is 6. The van der Waals surface area contributed by atoms with Gasteiger partial charge in [-0.3, -0.25) is 0 Å². The van der Waals surface area contributed by atoms with Gasteiger partial charge in [-0.1, -0.05) is 0 Å². The largest absolute Gasteiger partial charge is 0.386 e. The molecule has 3 N–H and O–H groups in total. The van der Waals surface area contributed by atoms with Gasteiger partial charge in [0.05, 0.1) is 17.7 Å². The number of hydrogen-bond donors (Lipinski definition) is 3. The first-order valence-electron chi connectivity index (χ1n) is 4.33. The predicted octanol–water partition coefficient (Wildman–Crippen LogP) is 3.19. The van der Waals surface area contributed by atoms with Gasteiger partial charge in [-0.25, -0.2) is 10.8 Å². The van der Waals surface area contributed by atoms with E-state index < -0.39 is 0 Å². The Kier molecular flexibility index (Phi) is 6.35. The van der Waals surface area contributed by atoms with E-state index in [1.165, 1.54) is 0 Å². The number of nitrogens with zero attached hydrogens (tertiary/aromatic N) is 1. The van der Waals surface area contributed by atoms with Gasteiger partial charge in [0, 0.05) is 44.7 Å². The number of aryl methyl sites for hydroxylation is 1. The van der Waals surface area contributed by atoms with Gasteiger partial charge in [-0.05, 0) is 24.6 Å². The normalized spacial score (nSPS) is 11.0. The molecule has 1 aromatic rings. The third-order valence-electron chi connectivity index (χ3n) is 1.80. The minimum atomic E-state index is 0. The van der Waals surface area contributed by atoms with Crippen molar-refractivity contribution in [2.75, 3.05) is 12.4 Å². The number of benzene rings is 1. The Morgan fingerprint density at radius 1 is 1.67 bits per heavy atom. The Balaban J connectivity index is 0.00000225. The van der Waals surface area contributed by atoms with E-state index in [9.17, 15) is 0 Å². The average molecular weight is 303 g/mol. The third-order valence-corrected chi connectivity index (χ3v) is 2.49. The van der Waals surface area contributed by atoms with Crippen LogP contribution in [0.2, 0.25) is 1.41 Å². The van der Waals surface area contributed by atoms with Crippen LogP contribution in [0.4, 0.5) is 11.4 Å². The van der Waals surface area contributed by atoms with E-state index in [1.807, 2.05) is 13.0 Å². The van der Waals surface area contributed by atoms with Crippen LogP contribution in [0.15, 0.2) is 22.1 Å². The summed E-state index contributed by atoms with van der Waals surface area (Å²) in [7, 11) is 1.76. The van der Waals surface area contributed by atoms with Gasteiger partial charge in [0.1, 0.15) is 5.69 Å². The molecule has 0 aliphatic carbocycles. The molecule has 0 amide bonds. The Morgan fingerprint density at radius 3 is 2.93 bits per heavy atom. The van der Waals surface area contributed by atoms with Gasteiger partial charge in [0.2, 0.25) is 1.41 Å². The summed E-state index contributed by atoms with van der Waals surface area (Å²) < 4.78 is 10.7. The SMILES string of the molecule is [2H]N=Nc1cc(SOO)c(C)cc1NC.[Y]. The molecule has 15 heavy (non-hydrogen) atoms. The maximum absolute atomic E-state index is 8.35. The molecule has 0 atom stereocenters. The van der Waals surface area contributed by atoms with Crippen molar-refractivity contribution in [3.05, 3.63) is 17.7 Å². The molecular weight excluding hydrogens is 291 g/mol. The van der Waals surface area contributed by atoms with E-state index >= 15 is 0 Å². The Morgan fingerprint density at radius 2 is 2.40 bits per heavy atom. The molecule has 1 rings (SSSR count). The number of anilines is 1. The molecule has 1 radical (unpaired) electrons. The molecule has 1 aromatic carbocycles. The summed E-state index contributed by atoms with van der Waals surface area (Å²) in [6.07, 6.45) is 0. The van der Waals surface area contributed by atoms with E-state index in [1.54, 1.807) is 13.1 Å². The van der Waals surface area contributed by atoms with Gasteiger partial charge >= 0.3 is 0 Å². The minimum absolute atomic E-state index is 0. The number of nitrogens with one attached hydrogen (secondary N) is 2. The molecule has 0 saturated heterocycles. The van der Waals surface area contributed by atoms with E-state index in [0.29, 0.717) is 5.69 Å². The van der Waals surface area contributed by atoms with Crippen LogP contribution in [-0.4, -0.2) is 12.3 Å². The zero-order valence-corrected chi connectivity index (χ0v) is 12.0. The zero-order valence-electron chi connectivity index (χ0n) is 9.39. The van der Waals surface area contributed by atoms with Crippen molar-refractivity contribution in [1.82, 2.24) is 0 Å². The summed E-state index contributed by atoms with van der Waals surface area (Å²) in [5.41, 5.74) is 5.20. The summed E-state index contributed by atoms with van der Waals surface area (Å²) in [4.78, 5) is 0.721. The van der Waals surface area contributed by atoms with Gasteiger partial charge in [0.25, 0.3) is 0 Å². The Hall–Kier alpha value is -0.00610. The quantitative estimate of drug-likeness (QED) is 0.345. The maximum atomic E-state index is 8.35. The van der Waals surface area contributed by atoms with E-state index in [-0.39, 0.29) is 32.7 Å². The van der Waals surface area contributed by atoms with Crippen LogP contribution < -0.4 is 5.32 Å². The van der Waals surface area contributed by atoms with Crippen LogP contribution in [0.1, 0.15) is 5.56 Å². The molecule has 79 valence electrons. The van der Waals surface area contributed by atoms with Crippen molar-refractivity contribution in [2.45, 2.75) is 11.8 Å². The van der Waals surface area contributed by atoms with Gasteiger partial charge in [-0.2, -0.15) is 9.45 Å². The molecule has 0 bridgehead atoms. The molecule has 0 aliphatic heterocycles. The van der Waals surface area contributed by atoms with Crippen molar-refractivity contribution in [1.29, 1.82) is 5.52 Å². The summed E-state index contributed by atoms with van der Waals surface area (Å²) >= 11 is 0.826. The molecular formula is C8H11N3O2SY. The second-order valence-electron chi connectivity index (χ2n) is 2.64. The van der Waals surface area contributed by atoms with Crippen LogP contribution in [0.5, 0.6) is 0 Å². The molecule has 5 nitrogen and oxygen atoms in total. The number of rotatable bonds is 4. The van der Waals surface area contributed by atoms with Crippen LogP contribution in [0, 0.1) is 12.4 Å². The van der Waals surface area contributed by atoms with Crippen molar-refractivity contribution < 1.29 is 43.7 Å². The van der Waals surface area contributed by atoms with E-state index in [0.717, 1.165) is 28.2 Å². The maximum Gasteiger partial charge on any atom is 0.214 e. The van der Waals surface area contributed by atoms with Crippen molar-refractivity contribution in [3.63, 3.8) is 0 Å². The zero-order chi connectivity index (χ0) is 11.3. The van der Waals surface area contributed by atoms with E-state index in [2.05, 4.69) is 20.3 Å². The van der Waals surface area contributed by atoms with Crippen LogP contribution in [0.3, 0.4) is 0 Å². The molecule has 7 heteroatoms. The second-order valence-corrected chi connectivity index (χ2v) is 3.40. The fourth-order valence-electron chi connectivity index (χ4n) is 1.09. The van der Waals surface area contributed by atoms with Gasteiger partial charge in [-0.15, -0.1) is 0 Å². The predicted molar refractivity (Wildman–Crippen MR) is 55.1 cm³/mol. The minimum Gasteiger partial charge on any atom is -0.386 e. The fourth-order valence-corrected chi connectivity index (χ4v) is 1.52. The van der Waals surface area contributed by atoms with Crippen LogP contribution in [-0.2, 0) is 37.0 Å². The first-order valence-corrected chi connectivity index (χ1v) is 4.62. The van der Waals surface area contributed by atoms with E-state index in [4.69, 9.17) is 6.67 Å². The first kappa shape index (κ1) is 13.1. The third kappa shape index (κ3) is 3.81. The average Bonchev–Trinajstić information content (AvgIpc) is 2.23. The first-order chi connectivity index (χ1) is 7.22. The van der Waals surface area contributed by atoms with Crippen molar-refractivity contribution in [3.8, 4) is 0 Å². The molecule has 0 aliphatic rings. The second kappa shape index (κ2) is 7.30. The molecule has 0 fully saturated rings. The van der Waals surface area contributed by atoms with Crippen LogP contribution >= 0.6 is 12.0 Å². The molecule has 0 spiro atoms.